The van der Waals surface area contributed by atoms with Crippen molar-refractivity contribution in [2.24, 2.45) is 22.7 Å². The van der Waals surface area contributed by atoms with E-state index in [-0.39, 0.29) is 37.2 Å². The van der Waals surface area contributed by atoms with Gasteiger partial charge in [0.05, 0.1) is 43.0 Å². The van der Waals surface area contributed by atoms with E-state index in [1.807, 2.05) is 30.3 Å². The summed E-state index contributed by atoms with van der Waals surface area (Å²) in [4.78, 5) is 69.6. The maximum atomic E-state index is 15.6. The largest absolute Gasteiger partial charge is 0.457 e. The van der Waals surface area contributed by atoms with Crippen molar-refractivity contribution in [1.29, 1.82) is 0 Å². The van der Waals surface area contributed by atoms with Crippen LogP contribution in [0.2, 0.25) is 0 Å². The summed E-state index contributed by atoms with van der Waals surface area (Å²) >= 11 is 0. The van der Waals surface area contributed by atoms with E-state index in [2.05, 4.69) is 5.32 Å². The highest BCUT2D eigenvalue weighted by molar-refractivity contribution is 5.95. The summed E-state index contributed by atoms with van der Waals surface area (Å²) in [6.07, 6.45) is -9.62. The summed E-state index contributed by atoms with van der Waals surface area (Å²) in [5, 5.41) is 40.0. The highest BCUT2D eigenvalue weighted by Gasteiger charge is 2.77. The molecular formula is C47H61NO14. The zero-order valence-electron chi connectivity index (χ0n) is 37.1. The maximum absolute atomic E-state index is 15.6. The van der Waals surface area contributed by atoms with Crippen LogP contribution in [0.15, 0.2) is 71.8 Å². The number of hydrogen-bond acceptors (Lipinski definition) is 14. The zero-order chi connectivity index (χ0) is 45.7. The number of aliphatic hydroxyl groups excluding tert-OH is 2. The van der Waals surface area contributed by atoms with Crippen LogP contribution in [0.3, 0.4) is 0 Å². The van der Waals surface area contributed by atoms with Gasteiger partial charge >= 0.3 is 24.0 Å². The van der Waals surface area contributed by atoms with Gasteiger partial charge in [0, 0.05) is 38.0 Å². The number of Topliss-reactive ketones (excluding diaryl/α,β-unsaturated/α-hetero) is 1. The second kappa shape index (κ2) is 17.1. The van der Waals surface area contributed by atoms with Crippen molar-refractivity contribution >= 4 is 29.8 Å². The predicted octanol–water partition coefficient (Wildman–Crippen LogP) is 4.83. The number of alkyl carbamates (subject to hydrolysis) is 1. The molecule has 12 atom stereocenters. The van der Waals surface area contributed by atoms with Crippen LogP contribution in [-0.4, -0.2) is 105 Å². The summed E-state index contributed by atoms with van der Waals surface area (Å²) in [6.45, 7) is 15.0. The molecule has 1 amide bonds. The van der Waals surface area contributed by atoms with Crippen LogP contribution in [-0.2, 0) is 54.2 Å². The van der Waals surface area contributed by atoms with Crippen LogP contribution in [0.4, 0.5) is 4.79 Å². The van der Waals surface area contributed by atoms with Gasteiger partial charge in [-0.25, -0.2) is 4.79 Å². The van der Waals surface area contributed by atoms with Crippen molar-refractivity contribution in [1.82, 2.24) is 5.32 Å². The van der Waals surface area contributed by atoms with Gasteiger partial charge in [0.2, 0.25) is 0 Å². The molecule has 2 aromatic carbocycles. The molecule has 0 aromatic heterocycles. The molecule has 1 aliphatic heterocycles. The molecule has 15 heteroatoms. The molecule has 2 saturated carbocycles. The van der Waals surface area contributed by atoms with Gasteiger partial charge in [-0.05, 0) is 63.8 Å². The number of carbonyl (C=O) groups is 5. The molecule has 0 spiro atoms. The first kappa shape index (κ1) is 46.8. The van der Waals surface area contributed by atoms with Gasteiger partial charge < -0.3 is 49.1 Å². The molecule has 3 fully saturated rings. The topological polar surface area (TPSA) is 213 Å². The number of aliphatic hydroxyl groups is 3. The Hall–Kier alpha value is -4.67. The summed E-state index contributed by atoms with van der Waals surface area (Å²) < 4.78 is 36.8. The number of benzene rings is 2. The molecule has 2 bridgehead atoms. The fraction of sp³-hybridized carbons (Fsp3) is 0.596. The number of carbonyl (C=O) groups excluding carboxylic acids is 5. The molecule has 4 aliphatic rings. The highest BCUT2D eigenvalue weighted by Crippen LogP contribution is 2.64. The molecule has 0 radical (unpaired) electrons. The van der Waals surface area contributed by atoms with Crippen molar-refractivity contribution in [3.63, 3.8) is 0 Å². The van der Waals surface area contributed by atoms with Gasteiger partial charge in [0.25, 0.3) is 0 Å². The van der Waals surface area contributed by atoms with E-state index in [0.717, 1.165) is 6.92 Å². The van der Waals surface area contributed by atoms with E-state index >= 15 is 4.79 Å². The van der Waals surface area contributed by atoms with Crippen molar-refractivity contribution in [3.05, 3.63) is 82.9 Å². The summed E-state index contributed by atoms with van der Waals surface area (Å²) in [5.74, 6) is -5.99. The summed E-state index contributed by atoms with van der Waals surface area (Å²) in [5.41, 5.74) is -6.47. The normalized spacial score (nSPS) is 32.8. The van der Waals surface area contributed by atoms with Gasteiger partial charge in [-0.15, -0.1) is 0 Å². The minimum absolute atomic E-state index is 0.0997. The first-order valence-electron chi connectivity index (χ1n) is 21.1. The number of ether oxygens (including phenoxy) is 6. The molecule has 338 valence electrons. The van der Waals surface area contributed by atoms with E-state index in [4.69, 9.17) is 28.4 Å². The Morgan fingerprint density at radius 2 is 1.56 bits per heavy atom. The molecule has 3 aliphatic carbocycles. The lowest BCUT2D eigenvalue weighted by atomic mass is 9.44. The summed E-state index contributed by atoms with van der Waals surface area (Å²) in [7, 11) is 0. The lowest BCUT2D eigenvalue weighted by molar-refractivity contribution is -0.351. The highest BCUT2D eigenvalue weighted by atomic mass is 16.6. The average Bonchev–Trinajstić information content (AvgIpc) is 3.17. The molecule has 1 heterocycles. The molecule has 15 nitrogen and oxygen atoms in total. The van der Waals surface area contributed by atoms with E-state index in [1.54, 1.807) is 71.9 Å². The Morgan fingerprint density at radius 1 is 0.952 bits per heavy atom. The lowest BCUT2D eigenvalue weighted by Gasteiger charge is -2.67. The Balaban J connectivity index is 1.54. The molecule has 2 aromatic rings. The fourth-order valence-electron chi connectivity index (χ4n) is 10.4. The third-order valence-electron chi connectivity index (χ3n) is 13.5. The second-order valence-corrected chi connectivity index (χ2v) is 19.0. The van der Waals surface area contributed by atoms with Crippen LogP contribution in [0.1, 0.15) is 99.2 Å². The molecule has 4 N–H and O–H groups in total. The van der Waals surface area contributed by atoms with Crippen molar-refractivity contribution < 1.29 is 67.7 Å². The first-order valence-corrected chi connectivity index (χ1v) is 21.1. The van der Waals surface area contributed by atoms with Crippen molar-refractivity contribution in [2.45, 2.75) is 148 Å². The van der Waals surface area contributed by atoms with Crippen LogP contribution >= 0.6 is 0 Å². The monoisotopic (exact) mass is 863 g/mol. The molecule has 0 unspecified atom stereocenters. The number of rotatable bonds is 11. The Bertz CT molecular complexity index is 2060. The first-order chi connectivity index (χ1) is 28.9. The van der Waals surface area contributed by atoms with Crippen molar-refractivity contribution in [2.75, 3.05) is 6.61 Å². The Kier molecular flexibility index (Phi) is 12.9. The van der Waals surface area contributed by atoms with Gasteiger partial charge in [-0.1, -0.05) is 74.5 Å². The Labute approximate surface area is 362 Å². The maximum Gasteiger partial charge on any atom is 0.408 e. The van der Waals surface area contributed by atoms with E-state index in [1.165, 1.54) is 20.8 Å². The molecule has 6 rings (SSSR count). The predicted molar refractivity (Wildman–Crippen MR) is 222 cm³/mol. The Morgan fingerprint density at radius 3 is 2.10 bits per heavy atom. The standard InChI is InChI=1S/C47H61NO14/c1-25-31(60-41(54)34(26(2)49)36(30-19-15-12-16-20-30)48-42(55)62-43(5,6)7)22-47(56)40(57-23-29-17-13-11-14-18-29)38-45(10,32(52)21-33-46(38,24-58-33)61-28(4)51)39(53)37(59-27(3)50)35(25)44(47,8)9/h11-20,26,31-34,36-38,40,49,52,56H,21-24H2,1-10H3,(H,48,55)/t26-,31+,32+,33-,34+,36+,37-,38+,40+,45-,46+,47-/m1/s1. The SMILES string of the molecule is CC(=O)O[C@H]1C(=O)[C@@]2(C)[C@H]([C@H](OCc3ccccc3)[C@]3(O)C[C@H](OC(=O)[C@@H]([C@@H](C)O)[C@@H](NC(=O)OC(C)(C)C)c4ccccc4)C(C)=C1C3(C)C)[C@]1(OC(C)=O)CO[C@@H]1C[C@@H]2O. The van der Waals surface area contributed by atoms with Gasteiger partial charge in [0.15, 0.2) is 17.5 Å². The number of amides is 1. The van der Waals surface area contributed by atoms with E-state index < -0.39 is 112 Å². The van der Waals surface area contributed by atoms with Gasteiger partial charge in [0.1, 0.15) is 29.3 Å². The third-order valence-corrected chi connectivity index (χ3v) is 13.5. The van der Waals surface area contributed by atoms with Crippen LogP contribution < -0.4 is 5.32 Å². The van der Waals surface area contributed by atoms with Crippen LogP contribution in [0, 0.1) is 22.7 Å². The molecule has 62 heavy (non-hydrogen) atoms. The van der Waals surface area contributed by atoms with Gasteiger partial charge in [-0.2, -0.15) is 0 Å². The van der Waals surface area contributed by atoms with Crippen LogP contribution in [0.5, 0.6) is 0 Å². The minimum Gasteiger partial charge on any atom is -0.457 e. The van der Waals surface area contributed by atoms with Crippen LogP contribution in [0.25, 0.3) is 0 Å². The summed E-state index contributed by atoms with van der Waals surface area (Å²) in [6, 6.07) is 16.5. The number of nitrogens with one attached hydrogen (secondary N) is 1. The fourth-order valence-corrected chi connectivity index (χ4v) is 10.4. The second-order valence-electron chi connectivity index (χ2n) is 19.0. The quantitative estimate of drug-likeness (QED) is 0.136. The lowest BCUT2D eigenvalue weighted by Crippen LogP contribution is -2.81. The van der Waals surface area contributed by atoms with E-state index in [0.29, 0.717) is 11.1 Å². The molecular weight excluding hydrogens is 803 g/mol. The number of esters is 3. The third kappa shape index (κ3) is 8.29. The minimum atomic E-state index is -2.15. The number of hydrogen-bond donors (Lipinski definition) is 4. The number of fused-ring (bicyclic) bond motifs is 5. The van der Waals surface area contributed by atoms with Gasteiger partial charge in [-0.3, -0.25) is 19.2 Å². The van der Waals surface area contributed by atoms with Crippen molar-refractivity contribution in [3.8, 4) is 0 Å². The zero-order valence-corrected chi connectivity index (χ0v) is 37.1. The van der Waals surface area contributed by atoms with E-state index in [9.17, 15) is 34.5 Å². The number of ketones is 1. The smallest absolute Gasteiger partial charge is 0.408 e. The molecule has 1 saturated heterocycles. The average molecular weight is 864 g/mol.